The van der Waals surface area contributed by atoms with E-state index in [2.05, 4.69) is 10.2 Å². The predicted molar refractivity (Wildman–Crippen MR) is 68.8 cm³/mol. The van der Waals surface area contributed by atoms with Crippen molar-refractivity contribution in [2.24, 2.45) is 5.92 Å². The highest BCUT2D eigenvalue weighted by Crippen LogP contribution is 2.28. The SMILES string of the molecule is O=C(O)[C@H]1CCCN1C(=O)NC1CN2CCC1CC2. The van der Waals surface area contributed by atoms with Gasteiger partial charge >= 0.3 is 12.0 Å². The zero-order valence-electron chi connectivity index (χ0n) is 11.0. The average Bonchev–Trinajstić information content (AvgIpc) is 2.89. The van der Waals surface area contributed by atoms with Gasteiger partial charge in [-0.2, -0.15) is 0 Å². The minimum absolute atomic E-state index is 0.191. The maximum atomic E-state index is 12.2. The van der Waals surface area contributed by atoms with Gasteiger partial charge in [-0.05, 0) is 44.7 Å². The van der Waals surface area contributed by atoms with Crippen molar-refractivity contribution in [2.45, 2.75) is 37.8 Å². The Morgan fingerprint density at radius 2 is 1.84 bits per heavy atom. The molecule has 19 heavy (non-hydrogen) atoms. The summed E-state index contributed by atoms with van der Waals surface area (Å²) in [7, 11) is 0. The van der Waals surface area contributed by atoms with Gasteiger partial charge in [-0.3, -0.25) is 0 Å². The van der Waals surface area contributed by atoms with E-state index in [-0.39, 0.29) is 12.1 Å². The van der Waals surface area contributed by atoms with Crippen molar-refractivity contribution in [1.29, 1.82) is 0 Å². The molecule has 6 nitrogen and oxygen atoms in total. The standard InChI is InChI=1S/C13H21N3O3/c17-12(18)11-2-1-5-16(11)13(19)14-10-8-15-6-3-9(10)4-7-15/h9-11H,1-8H2,(H,14,19)(H,17,18)/t10?,11-/m1/s1. The van der Waals surface area contributed by atoms with E-state index in [1.807, 2.05) is 0 Å². The smallest absolute Gasteiger partial charge is 0.326 e. The van der Waals surface area contributed by atoms with Crippen LogP contribution < -0.4 is 5.32 Å². The summed E-state index contributed by atoms with van der Waals surface area (Å²) in [4.78, 5) is 27.2. The number of carbonyl (C=O) groups excluding carboxylic acids is 1. The molecule has 4 fully saturated rings. The second-order valence-corrected chi connectivity index (χ2v) is 5.88. The van der Waals surface area contributed by atoms with Crippen LogP contribution in [0.1, 0.15) is 25.7 Å². The number of fused-ring (bicyclic) bond motifs is 3. The first-order valence-electron chi connectivity index (χ1n) is 7.17. The summed E-state index contributed by atoms with van der Waals surface area (Å²) in [5.41, 5.74) is 0. The van der Waals surface area contributed by atoms with E-state index in [4.69, 9.17) is 5.11 Å². The number of likely N-dealkylation sites (tertiary alicyclic amines) is 1. The Morgan fingerprint density at radius 3 is 2.42 bits per heavy atom. The first-order valence-corrected chi connectivity index (χ1v) is 7.17. The van der Waals surface area contributed by atoms with Crippen molar-refractivity contribution in [2.75, 3.05) is 26.2 Å². The van der Waals surface area contributed by atoms with Gasteiger partial charge in [0.2, 0.25) is 0 Å². The molecule has 0 aromatic carbocycles. The lowest BCUT2D eigenvalue weighted by Crippen LogP contribution is -2.59. The summed E-state index contributed by atoms with van der Waals surface area (Å²) in [6.45, 7) is 3.75. The van der Waals surface area contributed by atoms with Crippen LogP contribution >= 0.6 is 0 Å². The van der Waals surface area contributed by atoms with Gasteiger partial charge in [0.25, 0.3) is 0 Å². The van der Waals surface area contributed by atoms with Crippen molar-refractivity contribution in [1.82, 2.24) is 15.1 Å². The summed E-state index contributed by atoms with van der Waals surface area (Å²) in [6, 6.07) is -0.630. The van der Waals surface area contributed by atoms with E-state index < -0.39 is 12.0 Å². The highest BCUT2D eigenvalue weighted by Gasteiger charge is 2.38. The Labute approximate surface area is 112 Å². The van der Waals surface area contributed by atoms with Gasteiger partial charge in [0.15, 0.2) is 0 Å². The van der Waals surface area contributed by atoms with Crippen molar-refractivity contribution >= 4 is 12.0 Å². The highest BCUT2D eigenvalue weighted by atomic mass is 16.4. The number of nitrogens with zero attached hydrogens (tertiary/aromatic N) is 2. The van der Waals surface area contributed by atoms with Crippen LogP contribution in [0.4, 0.5) is 4.79 Å². The Morgan fingerprint density at radius 1 is 1.11 bits per heavy atom. The number of aliphatic carboxylic acids is 1. The third-order valence-electron chi connectivity index (χ3n) is 4.76. The van der Waals surface area contributed by atoms with Crippen molar-refractivity contribution < 1.29 is 14.7 Å². The molecule has 2 N–H and O–H groups in total. The maximum Gasteiger partial charge on any atom is 0.326 e. The third kappa shape index (κ3) is 2.41. The number of urea groups is 1. The van der Waals surface area contributed by atoms with Crippen molar-refractivity contribution in [3.63, 3.8) is 0 Å². The molecule has 4 aliphatic heterocycles. The Hall–Kier alpha value is -1.30. The van der Waals surface area contributed by atoms with Crippen LogP contribution in [0.2, 0.25) is 0 Å². The second kappa shape index (κ2) is 5.00. The fraction of sp³-hybridized carbons (Fsp3) is 0.846. The monoisotopic (exact) mass is 267 g/mol. The molecule has 4 aliphatic rings. The number of hydrogen-bond donors (Lipinski definition) is 2. The molecule has 0 aliphatic carbocycles. The molecule has 106 valence electrons. The number of carbonyl (C=O) groups is 2. The lowest BCUT2D eigenvalue weighted by atomic mass is 9.84. The molecule has 0 aromatic heterocycles. The van der Waals surface area contributed by atoms with Gasteiger partial charge in [-0.15, -0.1) is 0 Å². The summed E-state index contributed by atoms with van der Waals surface area (Å²) in [6.07, 6.45) is 3.65. The van der Waals surface area contributed by atoms with E-state index in [9.17, 15) is 9.59 Å². The maximum absolute atomic E-state index is 12.2. The second-order valence-electron chi connectivity index (χ2n) is 5.88. The summed E-state index contributed by atoms with van der Waals surface area (Å²) in [5.74, 6) is -0.318. The van der Waals surface area contributed by atoms with Gasteiger partial charge in [0.1, 0.15) is 6.04 Å². The molecule has 6 heteroatoms. The molecule has 2 amide bonds. The van der Waals surface area contributed by atoms with E-state index >= 15 is 0 Å². The molecular weight excluding hydrogens is 246 g/mol. The Balaban J connectivity index is 1.60. The summed E-state index contributed by atoms with van der Waals surface area (Å²) < 4.78 is 0. The predicted octanol–water partition coefficient (Wildman–Crippen LogP) is 0.339. The summed E-state index contributed by atoms with van der Waals surface area (Å²) in [5, 5.41) is 12.2. The average molecular weight is 267 g/mol. The lowest BCUT2D eigenvalue weighted by Gasteiger charge is -2.45. The van der Waals surface area contributed by atoms with Crippen LogP contribution in [0.15, 0.2) is 0 Å². The third-order valence-corrected chi connectivity index (χ3v) is 4.76. The van der Waals surface area contributed by atoms with Crippen LogP contribution in [0.3, 0.4) is 0 Å². The molecule has 4 saturated heterocycles. The minimum atomic E-state index is -0.887. The molecule has 0 radical (unpaired) electrons. The number of rotatable bonds is 2. The molecule has 1 unspecified atom stereocenters. The van der Waals surface area contributed by atoms with Crippen LogP contribution in [0.5, 0.6) is 0 Å². The highest BCUT2D eigenvalue weighted by molar-refractivity contribution is 5.83. The molecule has 2 bridgehead atoms. The van der Waals surface area contributed by atoms with Gasteiger partial charge in [0, 0.05) is 19.1 Å². The topological polar surface area (TPSA) is 72.9 Å². The van der Waals surface area contributed by atoms with E-state index in [1.165, 1.54) is 4.90 Å². The Kier molecular flexibility index (Phi) is 3.35. The van der Waals surface area contributed by atoms with E-state index in [1.54, 1.807) is 0 Å². The normalized spacial score (nSPS) is 37.4. The largest absolute Gasteiger partial charge is 0.480 e. The van der Waals surface area contributed by atoms with Crippen LogP contribution in [0, 0.1) is 5.92 Å². The summed E-state index contributed by atoms with van der Waals surface area (Å²) >= 11 is 0. The zero-order valence-corrected chi connectivity index (χ0v) is 11.0. The molecule has 2 atom stereocenters. The fourth-order valence-corrected chi connectivity index (χ4v) is 3.64. The fourth-order valence-electron chi connectivity index (χ4n) is 3.64. The van der Waals surface area contributed by atoms with E-state index in [0.717, 1.165) is 38.9 Å². The Bertz CT molecular complexity index is 379. The molecule has 4 heterocycles. The first-order chi connectivity index (χ1) is 9.15. The number of amides is 2. The van der Waals surface area contributed by atoms with Crippen molar-refractivity contribution in [3.05, 3.63) is 0 Å². The van der Waals surface area contributed by atoms with Gasteiger partial charge in [-0.1, -0.05) is 0 Å². The van der Waals surface area contributed by atoms with Gasteiger partial charge in [-0.25, -0.2) is 9.59 Å². The van der Waals surface area contributed by atoms with Gasteiger partial charge < -0.3 is 20.2 Å². The molecule has 0 spiro atoms. The number of carboxylic acid groups (broad SMARTS) is 1. The quantitative estimate of drug-likeness (QED) is 0.756. The molecule has 0 saturated carbocycles. The number of hydrogen-bond acceptors (Lipinski definition) is 3. The molecule has 0 aromatic rings. The van der Waals surface area contributed by atoms with Crippen LogP contribution in [-0.4, -0.2) is 65.2 Å². The number of piperidine rings is 3. The van der Waals surface area contributed by atoms with Gasteiger partial charge in [0.05, 0.1) is 0 Å². The number of carboxylic acids is 1. The molecule has 4 rings (SSSR count). The van der Waals surface area contributed by atoms with Crippen molar-refractivity contribution in [3.8, 4) is 0 Å². The zero-order chi connectivity index (χ0) is 13.4. The first kappa shape index (κ1) is 12.7. The molecular formula is C13H21N3O3. The van der Waals surface area contributed by atoms with Crippen LogP contribution in [0.25, 0.3) is 0 Å². The minimum Gasteiger partial charge on any atom is -0.480 e. The van der Waals surface area contributed by atoms with E-state index in [0.29, 0.717) is 18.9 Å². The van der Waals surface area contributed by atoms with Crippen LogP contribution in [-0.2, 0) is 4.79 Å². The lowest BCUT2D eigenvalue weighted by molar-refractivity contribution is -0.141. The number of nitrogens with one attached hydrogen (secondary N) is 1.